The zero-order valence-electron chi connectivity index (χ0n) is 5.64. The van der Waals surface area contributed by atoms with Crippen LogP contribution in [0.5, 0.6) is 0 Å². The molecule has 0 radical (unpaired) electrons. The highest BCUT2D eigenvalue weighted by Crippen LogP contribution is 2.38. The van der Waals surface area contributed by atoms with Crippen LogP contribution in [-0.4, -0.2) is 5.11 Å². The van der Waals surface area contributed by atoms with Crippen molar-refractivity contribution in [3.05, 3.63) is 32.2 Å². The van der Waals surface area contributed by atoms with Crippen molar-refractivity contribution in [3.63, 3.8) is 0 Å². The lowest BCUT2D eigenvalue weighted by Crippen LogP contribution is -2.16. The summed E-state index contributed by atoms with van der Waals surface area (Å²) in [5.74, 6) is 0. The van der Waals surface area contributed by atoms with Gasteiger partial charge < -0.3 is 5.11 Å². The maximum absolute atomic E-state index is 9.28. The van der Waals surface area contributed by atoms with E-state index >= 15 is 0 Å². The Morgan fingerprint density at radius 1 is 1.27 bits per heavy atom. The molecule has 0 spiro atoms. The van der Waals surface area contributed by atoms with Crippen molar-refractivity contribution < 1.29 is 5.11 Å². The van der Waals surface area contributed by atoms with Gasteiger partial charge >= 0.3 is 0 Å². The van der Waals surface area contributed by atoms with Crippen LogP contribution in [0, 0.1) is 0 Å². The molecule has 0 fully saturated rings. The predicted molar refractivity (Wildman–Crippen MR) is 50.5 cm³/mol. The van der Waals surface area contributed by atoms with Crippen LogP contribution < -0.4 is 0 Å². The molecule has 1 aromatic rings. The second-order valence-electron chi connectivity index (χ2n) is 2.69. The number of benzene rings is 1. The molecule has 1 N–H and O–H groups in total. The number of aliphatic hydroxyl groups excluding tert-OH is 1. The fourth-order valence-electron chi connectivity index (χ4n) is 1.28. The molecular formula is C8H6Br2O. The third-order valence-electron chi connectivity index (χ3n) is 1.95. The molecule has 0 aliphatic heterocycles. The van der Waals surface area contributed by atoms with E-state index in [2.05, 4.69) is 31.9 Å². The minimum atomic E-state index is -0.241. The molecular weight excluding hydrogens is 272 g/mol. The minimum Gasteiger partial charge on any atom is -0.388 e. The lowest BCUT2D eigenvalue weighted by atomic mass is 9.86. The molecule has 58 valence electrons. The SMILES string of the molecule is OC1Cc2cc(Br)c(Br)cc21. The fourth-order valence-corrected chi connectivity index (χ4v) is 2.03. The van der Waals surface area contributed by atoms with Gasteiger partial charge in [-0.25, -0.2) is 0 Å². The predicted octanol–water partition coefficient (Wildman–Crippen LogP) is 2.80. The van der Waals surface area contributed by atoms with Crippen molar-refractivity contribution >= 4 is 31.9 Å². The average molecular weight is 278 g/mol. The molecule has 3 heteroatoms. The smallest absolute Gasteiger partial charge is 0.0833 e. The van der Waals surface area contributed by atoms with Crippen molar-refractivity contribution in [2.24, 2.45) is 0 Å². The standard InChI is InChI=1S/C8H6Br2O/c9-6-1-4-2-8(11)5(4)3-7(6)10/h1,3,8,11H,2H2. The Kier molecular flexibility index (Phi) is 1.82. The number of rotatable bonds is 0. The minimum absolute atomic E-state index is 0.241. The van der Waals surface area contributed by atoms with E-state index in [4.69, 9.17) is 0 Å². The second kappa shape index (κ2) is 2.57. The van der Waals surface area contributed by atoms with Gasteiger partial charge in [-0.1, -0.05) is 0 Å². The van der Waals surface area contributed by atoms with Crippen LogP contribution in [-0.2, 0) is 6.42 Å². The van der Waals surface area contributed by atoms with Crippen molar-refractivity contribution in [3.8, 4) is 0 Å². The molecule has 0 saturated heterocycles. The van der Waals surface area contributed by atoms with E-state index in [1.807, 2.05) is 12.1 Å². The molecule has 0 heterocycles. The van der Waals surface area contributed by atoms with Crippen molar-refractivity contribution in [1.29, 1.82) is 0 Å². The molecule has 0 amide bonds. The summed E-state index contributed by atoms with van der Waals surface area (Å²) in [6.45, 7) is 0. The Bertz CT molecular complexity index is 309. The highest BCUT2D eigenvalue weighted by atomic mass is 79.9. The number of fused-ring (bicyclic) bond motifs is 1. The van der Waals surface area contributed by atoms with E-state index in [1.54, 1.807) is 0 Å². The summed E-state index contributed by atoms with van der Waals surface area (Å²) < 4.78 is 2.07. The van der Waals surface area contributed by atoms with Gasteiger partial charge in [-0.2, -0.15) is 0 Å². The van der Waals surface area contributed by atoms with E-state index < -0.39 is 0 Å². The van der Waals surface area contributed by atoms with Gasteiger partial charge in [0.25, 0.3) is 0 Å². The first-order valence-electron chi connectivity index (χ1n) is 3.34. The number of hydrogen-bond acceptors (Lipinski definition) is 1. The first-order valence-corrected chi connectivity index (χ1v) is 4.93. The van der Waals surface area contributed by atoms with Crippen LogP contribution in [0.3, 0.4) is 0 Å². The zero-order valence-corrected chi connectivity index (χ0v) is 8.81. The van der Waals surface area contributed by atoms with Crippen LogP contribution in [0.4, 0.5) is 0 Å². The van der Waals surface area contributed by atoms with Gasteiger partial charge in [-0.15, -0.1) is 0 Å². The molecule has 1 aromatic carbocycles. The lowest BCUT2D eigenvalue weighted by molar-refractivity contribution is 0.153. The van der Waals surface area contributed by atoms with Gasteiger partial charge in [0.1, 0.15) is 0 Å². The van der Waals surface area contributed by atoms with Crippen LogP contribution in [0.25, 0.3) is 0 Å². The van der Waals surface area contributed by atoms with Gasteiger partial charge in [0.05, 0.1) is 6.10 Å². The van der Waals surface area contributed by atoms with Crippen molar-refractivity contribution in [1.82, 2.24) is 0 Å². The summed E-state index contributed by atoms with van der Waals surface area (Å²) in [5, 5.41) is 9.28. The van der Waals surface area contributed by atoms with E-state index in [1.165, 1.54) is 5.56 Å². The van der Waals surface area contributed by atoms with Gasteiger partial charge in [-0.05, 0) is 55.1 Å². The summed E-state index contributed by atoms with van der Waals surface area (Å²) >= 11 is 6.79. The van der Waals surface area contributed by atoms with Crippen LogP contribution in [0.2, 0.25) is 0 Å². The molecule has 0 saturated carbocycles. The van der Waals surface area contributed by atoms with Gasteiger partial charge in [0, 0.05) is 15.4 Å². The summed E-state index contributed by atoms with van der Waals surface area (Å²) in [7, 11) is 0. The average Bonchev–Trinajstić information content (AvgIpc) is 1.97. The second-order valence-corrected chi connectivity index (χ2v) is 4.39. The Hall–Kier alpha value is 0.140. The Morgan fingerprint density at radius 3 is 2.55 bits per heavy atom. The summed E-state index contributed by atoms with van der Waals surface area (Å²) in [5.41, 5.74) is 2.30. The van der Waals surface area contributed by atoms with Gasteiger partial charge in [0.15, 0.2) is 0 Å². The van der Waals surface area contributed by atoms with E-state index in [0.29, 0.717) is 0 Å². The zero-order chi connectivity index (χ0) is 8.01. The molecule has 11 heavy (non-hydrogen) atoms. The highest BCUT2D eigenvalue weighted by Gasteiger charge is 2.24. The third-order valence-corrected chi connectivity index (χ3v) is 3.80. The largest absolute Gasteiger partial charge is 0.388 e. The summed E-state index contributed by atoms with van der Waals surface area (Å²) in [6.07, 6.45) is 0.552. The molecule has 0 bridgehead atoms. The van der Waals surface area contributed by atoms with E-state index in [0.717, 1.165) is 20.9 Å². The maximum atomic E-state index is 9.28. The Balaban J connectivity index is 2.55. The van der Waals surface area contributed by atoms with Crippen LogP contribution in [0.15, 0.2) is 21.1 Å². The monoisotopic (exact) mass is 276 g/mol. The first-order chi connectivity index (χ1) is 5.18. The third kappa shape index (κ3) is 1.15. The topological polar surface area (TPSA) is 20.2 Å². The van der Waals surface area contributed by atoms with Gasteiger partial charge in [0.2, 0.25) is 0 Å². The Labute approximate surface area is 81.7 Å². The maximum Gasteiger partial charge on any atom is 0.0833 e. The molecule has 0 aromatic heterocycles. The first kappa shape index (κ1) is 7.77. The fraction of sp³-hybridized carbons (Fsp3) is 0.250. The van der Waals surface area contributed by atoms with E-state index in [-0.39, 0.29) is 6.10 Å². The Morgan fingerprint density at radius 2 is 1.91 bits per heavy atom. The lowest BCUT2D eigenvalue weighted by Gasteiger charge is -2.26. The molecule has 1 aliphatic carbocycles. The molecule has 1 unspecified atom stereocenters. The summed E-state index contributed by atoms with van der Waals surface area (Å²) in [6, 6.07) is 4.01. The molecule has 2 rings (SSSR count). The normalized spacial score (nSPS) is 20.8. The molecule has 1 aliphatic rings. The quantitative estimate of drug-likeness (QED) is 0.773. The molecule has 1 nitrogen and oxygen atoms in total. The summed E-state index contributed by atoms with van der Waals surface area (Å²) in [4.78, 5) is 0. The van der Waals surface area contributed by atoms with Crippen LogP contribution >= 0.6 is 31.9 Å². The van der Waals surface area contributed by atoms with Crippen LogP contribution in [0.1, 0.15) is 17.2 Å². The van der Waals surface area contributed by atoms with E-state index in [9.17, 15) is 5.11 Å². The molecule has 1 atom stereocenters. The highest BCUT2D eigenvalue weighted by molar-refractivity contribution is 9.13. The van der Waals surface area contributed by atoms with Crippen molar-refractivity contribution in [2.45, 2.75) is 12.5 Å². The number of hydrogen-bond donors (Lipinski definition) is 1. The number of halogens is 2. The van der Waals surface area contributed by atoms with Gasteiger partial charge in [-0.3, -0.25) is 0 Å². The number of aliphatic hydroxyl groups is 1. The van der Waals surface area contributed by atoms with Crippen molar-refractivity contribution in [2.75, 3.05) is 0 Å².